The van der Waals surface area contributed by atoms with Crippen LogP contribution in [0, 0.1) is 0 Å². The number of rotatable bonds is 3. The van der Waals surface area contributed by atoms with Crippen LogP contribution in [0.3, 0.4) is 0 Å². The average molecular weight is 303 g/mol. The first-order chi connectivity index (χ1) is 8.67. The molecule has 19 heavy (non-hydrogen) atoms. The fourth-order valence-corrected chi connectivity index (χ4v) is 1.82. The van der Waals surface area contributed by atoms with E-state index in [-0.39, 0.29) is 31.9 Å². The van der Waals surface area contributed by atoms with Crippen LogP contribution >= 0.6 is 0 Å². The van der Waals surface area contributed by atoms with E-state index in [1.807, 2.05) is 0 Å². The first-order valence-electron chi connectivity index (χ1n) is 5.29. The standard InChI is InChI=1S/C9H12F3NO5S/c1-2-17-8(14)13-5-3-7(4-6-13)18-19(15,16)9(10,11)12/h3H,2,4-6H2,1H3. The van der Waals surface area contributed by atoms with Crippen molar-refractivity contribution in [2.75, 3.05) is 19.7 Å². The second-order valence-corrected chi connectivity index (χ2v) is 5.09. The highest BCUT2D eigenvalue weighted by atomic mass is 32.2. The minimum absolute atomic E-state index is 0.0258. The summed E-state index contributed by atoms with van der Waals surface area (Å²) < 4.78 is 66.3. The molecule has 0 spiro atoms. The molecule has 0 aromatic heterocycles. The van der Waals surface area contributed by atoms with E-state index in [0.29, 0.717) is 0 Å². The predicted molar refractivity (Wildman–Crippen MR) is 57.4 cm³/mol. The largest absolute Gasteiger partial charge is 0.534 e. The van der Waals surface area contributed by atoms with E-state index in [9.17, 15) is 26.4 Å². The number of carbonyl (C=O) groups excluding carboxylic acids is 1. The maximum absolute atomic E-state index is 12.1. The van der Waals surface area contributed by atoms with Crippen LogP contribution in [0.2, 0.25) is 0 Å². The second-order valence-electron chi connectivity index (χ2n) is 3.55. The third-order valence-electron chi connectivity index (χ3n) is 2.19. The van der Waals surface area contributed by atoms with Crippen LogP contribution in [0.4, 0.5) is 18.0 Å². The summed E-state index contributed by atoms with van der Waals surface area (Å²) in [6.45, 7) is 1.74. The molecular formula is C9H12F3NO5S. The molecule has 110 valence electrons. The van der Waals surface area contributed by atoms with Crippen LogP contribution in [-0.2, 0) is 19.0 Å². The van der Waals surface area contributed by atoms with E-state index < -0.39 is 21.7 Å². The molecule has 0 aromatic rings. The number of halogens is 3. The van der Waals surface area contributed by atoms with E-state index in [2.05, 4.69) is 4.18 Å². The fourth-order valence-electron chi connectivity index (χ4n) is 1.29. The summed E-state index contributed by atoms with van der Waals surface area (Å²) in [6.07, 6.45) is 0.356. The summed E-state index contributed by atoms with van der Waals surface area (Å²) in [5.74, 6) is -0.335. The van der Waals surface area contributed by atoms with Gasteiger partial charge in [0.1, 0.15) is 5.76 Å². The molecule has 1 amide bonds. The number of ether oxygens (including phenoxy) is 1. The summed E-state index contributed by atoms with van der Waals surface area (Å²) in [4.78, 5) is 12.5. The number of hydrogen-bond donors (Lipinski definition) is 0. The molecule has 1 aliphatic rings. The third-order valence-corrected chi connectivity index (χ3v) is 3.19. The summed E-state index contributed by atoms with van der Waals surface area (Å²) in [5, 5.41) is 0. The van der Waals surface area contributed by atoms with Gasteiger partial charge >= 0.3 is 21.7 Å². The highest BCUT2D eigenvalue weighted by Crippen LogP contribution is 2.28. The lowest BCUT2D eigenvalue weighted by atomic mass is 10.2. The molecule has 1 aliphatic heterocycles. The van der Waals surface area contributed by atoms with Gasteiger partial charge in [-0.1, -0.05) is 0 Å². The predicted octanol–water partition coefficient (Wildman–Crippen LogP) is 1.60. The zero-order valence-electron chi connectivity index (χ0n) is 9.94. The van der Waals surface area contributed by atoms with Crippen LogP contribution in [0.1, 0.15) is 13.3 Å². The molecule has 0 saturated carbocycles. The quantitative estimate of drug-likeness (QED) is 0.585. The molecule has 0 aliphatic carbocycles. The van der Waals surface area contributed by atoms with E-state index >= 15 is 0 Å². The third kappa shape index (κ3) is 4.01. The van der Waals surface area contributed by atoms with Gasteiger partial charge in [-0.2, -0.15) is 21.6 Å². The van der Waals surface area contributed by atoms with Crippen LogP contribution in [0.25, 0.3) is 0 Å². The topological polar surface area (TPSA) is 72.9 Å². The Balaban J connectivity index is 2.64. The van der Waals surface area contributed by atoms with Gasteiger partial charge in [0.2, 0.25) is 0 Å². The Morgan fingerprint density at radius 2 is 2.11 bits per heavy atom. The Labute approximate surface area is 107 Å². The van der Waals surface area contributed by atoms with Gasteiger partial charge < -0.3 is 13.8 Å². The lowest BCUT2D eigenvalue weighted by Crippen LogP contribution is -2.36. The normalized spacial score (nSPS) is 16.8. The van der Waals surface area contributed by atoms with Gasteiger partial charge in [0.15, 0.2) is 0 Å². The zero-order chi connectivity index (χ0) is 14.7. The zero-order valence-corrected chi connectivity index (χ0v) is 10.8. The number of amides is 1. The second kappa shape index (κ2) is 5.68. The molecular weight excluding hydrogens is 291 g/mol. The molecule has 0 unspecified atom stereocenters. The molecule has 0 fully saturated rings. The van der Waals surface area contributed by atoms with E-state index in [0.717, 1.165) is 6.08 Å². The molecule has 0 N–H and O–H groups in total. The minimum atomic E-state index is -5.65. The maximum Gasteiger partial charge on any atom is 0.534 e. The summed E-state index contributed by atoms with van der Waals surface area (Å²) in [6, 6.07) is 0. The maximum atomic E-state index is 12.1. The molecule has 0 bridgehead atoms. The Morgan fingerprint density at radius 1 is 1.47 bits per heavy atom. The minimum Gasteiger partial charge on any atom is -0.450 e. The number of alkyl halides is 3. The van der Waals surface area contributed by atoms with Crippen molar-refractivity contribution in [1.29, 1.82) is 0 Å². The SMILES string of the molecule is CCOC(=O)N1CC=C(OS(=O)(=O)C(F)(F)F)CC1. The molecule has 0 aromatic carbocycles. The van der Waals surface area contributed by atoms with E-state index in [4.69, 9.17) is 4.74 Å². The first-order valence-corrected chi connectivity index (χ1v) is 6.69. The Bertz CT molecular complexity index is 471. The van der Waals surface area contributed by atoms with Crippen molar-refractivity contribution in [3.63, 3.8) is 0 Å². The molecule has 0 saturated heterocycles. The van der Waals surface area contributed by atoms with Gasteiger partial charge in [-0.3, -0.25) is 0 Å². The Hall–Kier alpha value is -1.45. The Kier molecular flexibility index (Phi) is 4.66. The molecule has 6 nitrogen and oxygen atoms in total. The highest BCUT2D eigenvalue weighted by Gasteiger charge is 2.48. The number of nitrogens with zero attached hydrogens (tertiary/aromatic N) is 1. The summed E-state index contributed by atoms with van der Waals surface area (Å²) in [5.41, 5.74) is -5.47. The van der Waals surface area contributed by atoms with Gasteiger partial charge in [0, 0.05) is 19.5 Å². The number of hydrogen-bond acceptors (Lipinski definition) is 5. The van der Waals surface area contributed by atoms with Crippen molar-refractivity contribution in [1.82, 2.24) is 4.90 Å². The van der Waals surface area contributed by atoms with Crippen molar-refractivity contribution in [3.05, 3.63) is 11.8 Å². The molecule has 1 rings (SSSR count). The molecule has 1 heterocycles. The first kappa shape index (κ1) is 15.6. The summed E-state index contributed by atoms with van der Waals surface area (Å²) >= 11 is 0. The van der Waals surface area contributed by atoms with Crippen molar-refractivity contribution < 1.29 is 35.3 Å². The van der Waals surface area contributed by atoms with Crippen LogP contribution in [-0.4, -0.2) is 44.6 Å². The Morgan fingerprint density at radius 3 is 2.53 bits per heavy atom. The lowest BCUT2D eigenvalue weighted by Gasteiger charge is -2.25. The van der Waals surface area contributed by atoms with E-state index in [1.54, 1.807) is 6.92 Å². The van der Waals surface area contributed by atoms with Gasteiger partial charge in [0.05, 0.1) is 6.61 Å². The van der Waals surface area contributed by atoms with Gasteiger partial charge in [0.25, 0.3) is 0 Å². The van der Waals surface area contributed by atoms with Crippen LogP contribution < -0.4 is 0 Å². The van der Waals surface area contributed by atoms with Crippen molar-refractivity contribution in [2.24, 2.45) is 0 Å². The average Bonchev–Trinajstić information content (AvgIpc) is 2.28. The summed E-state index contributed by atoms with van der Waals surface area (Å²) in [7, 11) is -5.65. The molecule has 0 radical (unpaired) electrons. The van der Waals surface area contributed by atoms with Gasteiger partial charge in [-0.05, 0) is 13.0 Å². The fraction of sp³-hybridized carbons (Fsp3) is 0.667. The number of carbonyl (C=O) groups is 1. The smallest absolute Gasteiger partial charge is 0.450 e. The van der Waals surface area contributed by atoms with E-state index in [1.165, 1.54) is 4.90 Å². The van der Waals surface area contributed by atoms with Crippen LogP contribution in [0.15, 0.2) is 11.8 Å². The van der Waals surface area contributed by atoms with Gasteiger partial charge in [-0.25, -0.2) is 4.79 Å². The van der Waals surface area contributed by atoms with Crippen molar-refractivity contribution in [2.45, 2.75) is 18.9 Å². The highest BCUT2D eigenvalue weighted by molar-refractivity contribution is 7.87. The van der Waals surface area contributed by atoms with Crippen molar-refractivity contribution in [3.8, 4) is 0 Å². The van der Waals surface area contributed by atoms with Gasteiger partial charge in [-0.15, -0.1) is 0 Å². The van der Waals surface area contributed by atoms with Crippen molar-refractivity contribution >= 4 is 16.2 Å². The molecule has 0 atom stereocenters. The monoisotopic (exact) mass is 303 g/mol. The van der Waals surface area contributed by atoms with Crippen LogP contribution in [0.5, 0.6) is 0 Å². The lowest BCUT2D eigenvalue weighted by molar-refractivity contribution is -0.0525. The molecule has 10 heteroatoms.